The van der Waals surface area contributed by atoms with Crippen LogP contribution in [0.25, 0.3) is 11.4 Å². The van der Waals surface area contributed by atoms with Crippen LogP contribution in [0.2, 0.25) is 0 Å². The fraction of sp³-hybridized carbons (Fsp3) is 0.360. The second-order valence-electron chi connectivity index (χ2n) is 8.36. The van der Waals surface area contributed by atoms with Crippen molar-refractivity contribution in [1.29, 1.82) is 0 Å². The number of aryl methyl sites for hydroxylation is 2. The van der Waals surface area contributed by atoms with Gasteiger partial charge < -0.3 is 9.88 Å². The van der Waals surface area contributed by atoms with E-state index in [0.29, 0.717) is 12.5 Å². The topological polar surface area (TPSA) is 50.2 Å². The van der Waals surface area contributed by atoms with Gasteiger partial charge in [0.05, 0.1) is 6.54 Å². The van der Waals surface area contributed by atoms with Crippen molar-refractivity contribution >= 4 is 11.6 Å². The van der Waals surface area contributed by atoms with Gasteiger partial charge in [-0.05, 0) is 62.9 Å². The van der Waals surface area contributed by atoms with Crippen LogP contribution in [0.15, 0.2) is 60.9 Å². The normalized spacial score (nSPS) is 15.3. The minimum Gasteiger partial charge on any atom is -0.331 e. The number of benzene rings is 2. The number of anilines is 1. The Hall–Kier alpha value is -2.92. The van der Waals surface area contributed by atoms with Crippen LogP contribution in [0.3, 0.4) is 0 Å². The number of carbonyl (C=O) groups is 1. The molecule has 5 heteroatoms. The van der Waals surface area contributed by atoms with Crippen LogP contribution >= 0.6 is 0 Å². The average molecular weight is 403 g/mol. The van der Waals surface area contributed by atoms with E-state index in [1.165, 1.54) is 0 Å². The quantitative estimate of drug-likeness (QED) is 0.660. The highest BCUT2D eigenvalue weighted by molar-refractivity contribution is 5.93. The molecule has 0 bridgehead atoms. The van der Waals surface area contributed by atoms with Gasteiger partial charge in [-0.1, -0.05) is 42.5 Å². The van der Waals surface area contributed by atoms with Gasteiger partial charge in [-0.3, -0.25) is 9.69 Å². The molecule has 156 valence electrons. The van der Waals surface area contributed by atoms with Crippen LogP contribution in [-0.4, -0.2) is 40.0 Å². The number of rotatable bonds is 6. The van der Waals surface area contributed by atoms with Crippen LogP contribution < -0.4 is 5.32 Å². The predicted molar refractivity (Wildman–Crippen MR) is 121 cm³/mol. The average Bonchev–Trinajstić information content (AvgIpc) is 3.21. The van der Waals surface area contributed by atoms with Crippen molar-refractivity contribution in [3.8, 4) is 11.4 Å². The lowest BCUT2D eigenvalue weighted by Crippen LogP contribution is -2.40. The third-order valence-electron chi connectivity index (χ3n) is 5.94. The Kier molecular flexibility index (Phi) is 6.29. The van der Waals surface area contributed by atoms with E-state index < -0.39 is 0 Å². The number of aromatic nitrogens is 2. The molecule has 5 nitrogen and oxygen atoms in total. The Morgan fingerprint density at radius 1 is 1.10 bits per heavy atom. The number of imidazole rings is 1. The number of hydrogen-bond acceptors (Lipinski definition) is 3. The van der Waals surface area contributed by atoms with E-state index in [1.807, 2.05) is 32.2 Å². The van der Waals surface area contributed by atoms with E-state index in [1.54, 1.807) is 0 Å². The second-order valence-corrected chi connectivity index (χ2v) is 8.36. The molecular formula is C25H30N4O. The van der Waals surface area contributed by atoms with Gasteiger partial charge >= 0.3 is 0 Å². The number of nitrogens with zero attached hydrogens (tertiary/aromatic N) is 3. The van der Waals surface area contributed by atoms with E-state index in [2.05, 4.69) is 62.4 Å². The van der Waals surface area contributed by atoms with Crippen molar-refractivity contribution in [3.05, 3.63) is 72.1 Å². The Morgan fingerprint density at radius 2 is 1.87 bits per heavy atom. The summed E-state index contributed by atoms with van der Waals surface area (Å²) in [6.07, 6.45) is 6.16. The number of likely N-dealkylation sites (tertiary alicyclic amines) is 1. The van der Waals surface area contributed by atoms with E-state index in [-0.39, 0.29) is 5.91 Å². The van der Waals surface area contributed by atoms with E-state index in [9.17, 15) is 4.79 Å². The standard InChI is InChI=1S/C25H30N4O/c1-19-8-9-20(2)23(16-19)27-24(30)18-28-13-10-21(11-14-28)17-29-15-12-26-25(29)22-6-4-3-5-7-22/h3-9,12,15-16,21H,10-11,13-14,17-18H2,1-2H3,(H,27,30). The Bertz CT molecular complexity index is 987. The van der Waals surface area contributed by atoms with Gasteiger partial charge in [0.15, 0.2) is 0 Å². The first kappa shape index (κ1) is 20.4. The summed E-state index contributed by atoms with van der Waals surface area (Å²) >= 11 is 0. The zero-order chi connectivity index (χ0) is 20.9. The molecule has 1 fully saturated rings. The summed E-state index contributed by atoms with van der Waals surface area (Å²) < 4.78 is 2.27. The van der Waals surface area contributed by atoms with E-state index in [4.69, 9.17) is 0 Å². The Balaban J connectivity index is 1.28. The highest BCUT2D eigenvalue weighted by Gasteiger charge is 2.22. The summed E-state index contributed by atoms with van der Waals surface area (Å²) in [6.45, 7) is 7.43. The smallest absolute Gasteiger partial charge is 0.238 e. The zero-order valence-corrected chi connectivity index (χ0v) is 17.8. The fourth-order valence-electron chi connectivity index (χ4n) is 4.17. The second kappa shape index (κ2) is 9.26. The lowest BCUT2D eigenvalue weighted by molar-refractivity contribution is -0.117. The number of piperidine rings is 1. The Labute approximate surface area is 178 Å². The number of nitrogens with one attached hydrogen (secondary N) is 1. The number of carbonyl (C=O) groups excluding carboxylic acids is 1. The number of amides is 1. The first-order valence-electron chi connectivity index (χ1n) is 10.7. The van der Waals surface area contributed by atoms with Crippen molar-refractivity contribution in [2.45, 2.75) is 33.2 Å². The highest BCUT2D eigenvalue weighted by atomic mass is 16.2. The zero-order valence-electron chi connectivity index (χ0n) is 17.8. The molecule has 1 amide bonds. The monoisotopic (exact) mass is 402 g/mol. The molecule has 0 radical (unpaired) electrons. The summed E-state index contributed by atoms with van der Waals surface area (Å²) in [5.74, 6) is 1.72. The minimum absolute atomic E-state index is 0.0723. The molecule has 1 aromatic heterocycles. The first-order chi connectivity index (χ1) is 14.6. The molecule has 0 unspecified atom stereocenters. The molecule has 3 aromatic rings. The Morgan fingerprint density at radius 3 is 2.63 bits per heavy atom. The summed E-state index contributed by atoms with van der Waals surface area (Å²) in [7, 11) is 0. The molecule has 1 aliphatic rings. The van der Waals surface area contributed by atoms with Crippen molar-refractivity contribution in [2.24, 2.45) is 5.92 Å². The van der Waals surface area contributed by atoms with Crippen LogP contribution in [0, 0.1) is 19.8 Å². The summed E-state index contributed by atoms with van der Waals surface area (Å²) in [6, 6.07) is 16.5. The van der Waals surface area contributed by atoms with Crippen molar-refractivity contribution < 1.29 is 4.79 Å². The van der Waals surface area contributed by atoms with Gasteiger partial charge in [-0.25, -0.2) is 4.98 Å². The van der Waals surface area contributed by atoms with Gasteiger partial charge in [0, 0.05) is 30.2 Å². The molecule has 4 rings (SSSR count). The highest BCUT2D eigenvalue weighted by Crippen LogP contribution is 2.23. The van der Waals surface area contributed by atoms with Gasteiger partial charge in [-0.15, -0.1) is 0 Å². The molecule has 1 aliphatic heterocycles. The first-order valence-corrected chi connectivity index (χ1v) is 10.7. The van der Waals surface area contributed by atoms with Crippen LogP contribution in [0.1, 0.15) is 24.0 Å². The van der Waals surface area contributed by atoms with Gasteiger partial charge in [0.1, 0.15) is 5.82 Å². The maximum atomic E-state index is 12.5. The third kappa shape index (κ3) is 4.97. The minimum atomic E-state index is 0.0723. The summed E-state index contributed by atoms with van der Waals surface area (Å²) in [5, 5.41) is 3.08. The number of hydrogen-bond donors (Lipinski definition) is 1. The lowest BCUT2D eigenvalue weighted by atomic mass is 9.96. The summed E-state index contributed by atoms with van der Waals surface area (Å²) in [5.41, 5.74) is 4.33. The van der Waals surface area contributed by atoms with Crippen molar-refractivity contribution in [1.82, 2.24) is 14.5 Å². The van der Waals surface area contributed by atoms with Crippen LogP contribution in [-0.2, 0) is 11.3 Å². The van der Waals surface area contributed by atoms with Crippen molar-refractivity contribution in [2.75, 3.05) is 25.0 Å². The SMILES string of the molecule is Cc1ccc(C)c(NC(=O)CN2CCC(Cn3ccnc3-c3ccccc3)CC2)c1. The van der Waals surface area contributed by atoms with Crippen LogP contribution in [0.4, 0.5) is 5.69 Å². The van der Waals surface area contributed by atoms with Gasteiger partial charge in [0.2, 0.25) is 5.91 Å². The molecular weight excluding hydrogens is 372 g/mol. The van der Waals surface area contributed by atoms with Gasteiger partial charge in [0.25, 0.3) is 0 Å². The molecule has 1 saturated heterocycles. The van der Waals surface area contributed by atoms with E-state index in [0.717, 1.165) is 60.7 Å². The third-order valence-corrected chi connectivity index (χ3v) is 5.94. The van der Waals surface area contributed by atoms with Crippen LogP contribution in [0.5, 0.6) is 0 Å². The molecule has 2 aromatic carbocycles. The largest absolute Gasteiger partial charge is 0.331 e. The molecule has 2 heterocycles. The summed E-state index contributed by atoms with van der Waals surface area (Å²) in [4.78, 5) is 19.3. The molecule has 0 aliphatic carbocycles. The predicted octanol–water partition coefficient (Wildman–Crippen LogP) is 4.52. The van der Waals surface area contributed by atoms with E-state index >= 15 is 0 Å². The molecule has 30 heavy (non-hydrogen) atoms. The molecule has 0 spiro atoms. The molecule has 0 atom stereocenters. The fourth-order valence-corrected chi connectivity index (χ4v) is 4.17. The molecule has 0 saturated carbocycles. The maximum absolute atomic E-state index is 12.5. The lowest BCUT2D eigenvalue weighted by Gasteiger charge is -2.31. The van der Waals surface area contributed by atoms with Gasteiger partial charge in [-0.2, -0.15) is 0 Å². The maximum Gasteiger partial charge on any atom is 0.238 e. The van der Waals surface area contributed by atoms with Crippen molar-refractivity contribution in [3.63, 3.8) is 0 Å². The molecule has 1 N–H and O–H groups in total.